The van der Waals surface area contributed by atoms with E-state index in [9.17, 15) is 8.42 Å². The molecule has 0 amide bonds. The molecule has 0 aromatic heterocycles. The van der Waals surface area contributed by atoms with E-state index in [1.54, 1.807) is 14.0 Å². The minimum atomic E-state index is -2.95. The first kappa shape index (κ1) is 18.3. The van der Waals surface area contributed by atoms with Crippen LogP contribution in [0.5, 0.6) is 5.75 Å². The second-order valence-electron chi connectivity index (χ2n) is 4.68. The van der Waals surface area contributed by atoms with Gasteiger partial charge in [-0.25, -0.2) is 8.42 Å². The number of rotatable bonds is 9. The predicted molar refractivity (Wildman–Crippen MR) is 90.2 cm³/mol. The molecule has 0 aliphatic heterocycles. The van der Waals surface area contributed by atoms with Crippen LogP contribution in [0.3, 0.4) is 0 Å². The Morgan fingerprint density at radius 2 is 1.86 bits per heavy atom. The lowest BCUT2D eigenvalue weighted by Crippen LogP contribution is -2.40. The molecule has 1 aromatic rings. The van der Waals surface area contributed by atoms with Gasteiger partial charge in [-0.05, 0) is 18.6 Å². The third-order valence-corrected chi connectivity index (χ3v) is 4.70. The fraction of sp³-hybridized carbons (Fsp3) is 0.533. The Hall–Kier alpha value is -1.76. The smallest absolute Gasteiger partial charge is 0.191 e. The zero-order chi connectivity index (χ0) is 16.3. The van der Waals surface area contributed by atoms with Crippen LogP contribution in [0.2, 0.25) is 0 Å². The molecule has 0 fully saturated rings. The van der Waals surface area contributed by atoms with Crippen molar-refractivity contribution in [3.63, 3.8) is 0 Å². The van der Waals surface area contributed by atoms with Crippen LogP contribution >= 0.6 is 0 Å². The largest absolute Gasteiger partial charge is 0.494 e. The highest BCUT2D eigenvalue weighted by atomic mass is 32.2. The van der Waals surface area contributed by atoms with Crippen LogP contribution in [0, 0.1) is 0 Å². The third-order valence-electron chi connectivity index (χ3n) is 2.99. The second kappa shape index (κ2) is 10.0. The molecule has 0 heterocycles. The van der Waals surface area contributed by atoms with Crippen LogP contribution in [-0.4, -0.2) is 52.6 Å². The number of para-hydroxylation sites is 1. The van der Waals surface area contributed by atoms with Crippen molar-refractivity contribution in [2.45, 2.75) is 13.3 Å². The Bertz CT molecular complexity index is 544. The first-order valence-corrected chi connectivity index (χ1v) is 9.22. The van der Waals surface area contributed by atoms with Gasteiger partial charge in [0.05, 0.1) is 12.4 Å². The number of guanidine groups is 1. The second-order valence-corrected chi connectivity index (χ2v) is 7.15. The molecule has 0 bridgehead atoms. The number of aliphatic imine (C=N–C) groups is 1. The van der Waals surface area contributed by atoms with Crippen molar-refractivity contribution < 1.29 is 13.2 Å². The molecule has 0 saturated carbocycles. The summed E-state index contributed by atoms with van der Waals surface area (Å²) in [6.45, 7) is 3.32. The molecular formula is C15H25N3O3S. The summed E-state index contributed by atoms with van der Waals surface area (Å²) >= 11 is 0. The normalized spacial score (nSPS) is 12.0. The highest BCUT2D eigenvalue weighted by Gasteiger charge is 2.07. The molecule has 0 atom stereocenters. The lowest BCUT2D eigenvalue weighted by molar-refractivity contribution is 0.311. The number of hydrogen-bond donors (Lipinski definition) is 2. The molecule has 0 aliphatic rings. The van der Waals surface area contributed by atoms with Gasteiger partial charge in [0.15, 0.2) is 15.8 Å². The lowest BCUT2D eigenvalue weighted by atomic mass is 10.3. The average Bonchev–Trinajstić information content (AvgIpc) is 2.53. The highest BCUT2D eigenvalue weighted by molar-refractivity contribution is 7.91. The maximum Gasteiger partial charge on any atom is 0.191 e. The lowest BCUT2D eigenvalue weighted by Gasteiger charge is -2.12. The molecule has 6 nitrogen and oxygen atoms in total. The van der Waals surface area contributed by atoms with Crippen LogP contribution in [0.25, 0.3) is 0 Å². The van der Waals surface area contributed by atoms with Crippen molar-refractivity contribution in [2.75, 3.05) is 38.2 Å². The summed E-state index contributed by atoms with van der Waals surface area (Å²) < 4.78 is 28.4. The number of sulfone groups is 1. The number of hydrogen-bond acceptors (Lipinski definition) is 4. The summed E-state index contributed by atoms with van der Waals surface area (Å²) in [5.41, 5.74) is 0. The number of benzene rings is 1. The summed E-state index contributed by atoms with van der Waals surface area (Å²) in [5, 5.41) is 6.11. The standard InChI is InChI=1S/C15H25N3O3S/c1-3-22(19,20)13-11-18-15(16-2)17-10-7-12-21-14-8-5-4-6-9-14/h4-6,8-9H,3,7,10-13H2,1-2H3,(H2,16,17,18). The van der Waals surface area contributed by atoms with Gasteiger partial charge in [-0.1, -0.05) is 25.1 Å². The summed E-state index contributed by atoms with van der Waals surface area (Å²) in [5.74, 6) is 1.74. The van der Waals surface area contributed by atoms with Crippen LogP contribution in [0.15, 0.2) is 35.3 Å². The molecule has 0 radical (unpaired) electrons. The van der Waals surface area contributed by atoms with Crippen molar-refractivity contribution in [1.82, 2.24) is 10.6 Å². The van der Waals surface area contributed by atoms with Gasteiger partial charge in [0.2, 0.25) is 0 Å². The Morgan fingerprint density at radius 3 is 2.50 bits per heavy atom. The number of nitrogens with zero attached hydrogens (tertiary/aromatic N) is 1. The van der Waals surface area contributed by atoms with E-state index >= 15 is 0 Å². The van der Waals surface area contributed by atoms with Crippen molar-refractivity contribution in [2.24, 2.45) is 4.99 Å². The van der Waals surface area contributed by atoms with Crippen molar-refractivity contribution in [3.05, 3.63) is 30.3 Å². The Balaban J connectivity index is 2.14. The summed E-state index contributed by atoms with van der Waals surface area (Å²) in [7, 11) is -1.29. The van der Waals surface area contributed by atoms with E-state index in [2.05, 4.69) is 15.6 Å². The van der Waals surface area contributed by atoms with Crippen LogP contribution in [0.1, 0.15) is 13.3 Å². The van der Waals surface area contributed by atoms with Gasteiger partial charge in [-0.15, -0.1) is 0 Å². The van der Waals surface area contributed by atoms with Crippen molar-refractivity contribution in [3.8, 4) is 5.75 Å². The quantitative estimate of drug-likeness (QED) is 0.403. The number of nitrogens with one attached hydrogen (secondary N) is 2. The molecule has 1 aromatic carbocycles. The van der Waals surface area contributed by atoms with E-state index in [1.165, 1.54) is 0 Å². The van der Waals surface area contributed by atoms with Gasteiger partial charge in [0.25, 0.3) is 0 Å². The SMILES string of the molecule is CCS(=O)(=O)CCNC(=NC)NCCCOc1ccccc1. The molecule has 2 N–H and O–H groups in total. The zero-order valence-electron chi connectivity index (χ0n) is 13.2. The van der Waals surface area contributed by atoms with Crippen LogP contribution in [0.4, 0.5) is 0 Å². The third kappa shape index (κ3) is 7.87. The Kier molecular flexibility index (Phi) is 8.35. The fourth-order valence-corrected chi connectivity index (χ4v) is 2.38. The van der Waals surface area contributed by atoms with Gasteiger partial charge >= 0.3 is 0 Å². The van der Waals surface area contributed by atoms with Gasteiger partial charge < -0.3 is 15.4 Å². The summed E-state index contributed by atoms with van der Waals surface area (Å²) in [6.07, 6.45) is 0.822. The molecule has 0 unspecified atom stereocenters. The predicted octanol–water partition coefficient (Wildman–Crippen LogP) is 1.06. The monoisotopic (exact) mass is 327 g/mol. The van der Waals surface area contributed by atoms with Crippen molar-refractivity contribution in [1.29, 1.82) is 0 Å². The van der Waals surface area contributed by atoms with E-state index in [-0.39, 0.29) is 11.5 Å². The van der Waals surface area contributed by atoms with Crippen LogP contribution < -0.4 is 15.4 Å². The van der Waals surface area contributed by atoms with E-state index in [0.29, 0.717) is 25.7 Å². The molecule has 0 spiro atoms. The molecule has 7 heteroatoms. The van der Waals surface area contributed by atoms with E-state index in [0.717, 1.165) is 12.2 Å². The average molecular weight is 327 g/mol. The van der Waals surface area contributed by atoms with Gasteiger partial charge in [0, 0.05) is 25.9 Å². The van der Waals surface area contributed by atoms with Gasteiger partial charge in [0.1, 0.15) is 5.75 Å². The summed E-state index contributed by atoms with van der Waals surface area (Å²) in [4.78, 5) is 4.05. The van der Waals surface area contributed by atoms with E-state index < -0.39 is 9.84 Å². The molecular weight excluding hydrogens is 302 g/mol. The maximum atomic E-state index is 11.4. The fourth-order valence-electron chi connectivity index (χ4n) is 1.68. The minimum Gasteiger partial charge on any atom is -0.494 e. The molecule has 22 heavy (non-hydrogen) atoms. The zero-order valence-corrected chi connectivity index (χ0v) is 14.0. The minimum absolute atomic E-state index is 0.112. The highest BCUT2D eigenvalue weighted by Crippen LogP contribution is 2.07. The van der Waals surface area contributed by atoms with Gasteiger partial charge in [-0.3, -0.25) is 4.99 Å². The Morgan fingerprint density at radius 1 is 1.18 bits per heavy atom. The molecule has 1 rings (SSSR count). The van der Waals surface area contributed by atoms with Crippen LogP contribution in [-0.2, 0) is 9.84 Å². The Labute approximate surface area is 132 Å². The number of ether oxygens (including phenoxy) is 1. The first-order valence-electron chi connectivity index (χ1n) is 7.40. The molecule has 0 aliphatic carbocycles. The summed E-state index contributed by atoms with van der Waals surface area (Å²) in [6, 6.07) is 9.65. The van der Waals surface area contributed by atoms with Crippen molar-refractivity contribution >= 4 is 15.8 Å². The topological polar surface area (TPSA) is 79.8 Å². The van der Waals surface area contributed by atoms with E-state index in [4.69, 9.17) is 4.74 Å². The van der Waals surface area contributed by atoms with Gasteiger partial charge in [-0.2, -0.15) is 0 Å². The first-order chi connectivity index (χ1) is 10.6. The molecule has 124 valence electrons. The maximum absolute atomic E-state index is 11.4. The molecule has 0 saturated heterocycles. The van der Waals surface area contributed by atoms with E-state index in [1.807, 2.05) is 30.3 Å².